The predicted molar refractivity (Wildman–Crippen MR) is 99.5 cm³/mol. The molecule has 0 fully saturated rings. The first kappa shape index (κ1) is 17.8. The predicted octanol–water partition coefficient (Wildman–Crippen LogP) is 5.23. The molecule has 0 aliphatic rings. The number of thioether (sulfide) groups is 1. The number of hydrogen-bond acceptors (Lipinski definition) is 5. The summed E-state index contributed by atoms with van der Waals surface area (Å²) in [5.41, 5.74) is 0.992. The second kappa shape index (κ2) is 7.91. The standard InChI is InChI=1S/C17H13Cl2N3O2S/c1-10-20-16(24-22-10)9-25-15-5-3-2-4-12(15)17(23)21-14-8-11(18)6-7-13(14)19/h2-8H,9H2,1H3,(H,21,23). The number of anilines is 1. The molecule has 8 heteroatoms. The minimum absolute atomic E-state index is 0.269. The van der Waals surface area contributed by atoms with E-state index in [9.17, 15) is 4.79 Å². The van der Waals surface area contributed by atoms with E-state index in [2.05, 4.69) is 15.5 Å². The van der Waals surface area contributed by atoms with Crippen LogP contribution >= 0.6 is 35.0 Å². The number of hydrogen-bond donors (Lipinski definition) is 1. The number of nitrogens with zero attached hydrogens (tertiary/aromatic N) is 2. The van der Waals surface area contributed by atoms with Crippen molar-refractivity contribution < 1.29 is 9.32 Å². The van der Waals surface area contributed by atoms with Gasteiger partial charge in [0.05, 0.1) is 22.0 Å². The minimum atomic E-state index is -0.269. The average Bonchev–Trinajstić information content (AvgIpc) is 3.02. The summed E-state index contributed by atoms with van der Waals surface area (Å²) in [6.07, 6.45) is 0. The lowest BCUT2D eigenvalue weighted by Crippen LogP contribution is -2.13. The van der Waals surface area contributed by atoms with Gasteiger partial charge in [-0.15, -0.1) is 11.8 Å². The van der Waals surface area contributed by atoms with Crippen LogP contribution in [0.4, 0.5) is 5.69 Å². The Bertz CT molecular complexity index is 914. The Balaban J connectivity index is 1.77. The molecule has 0 aliphatic carbocycles. The highest BCUT2D eigenvalue weighted by molar-refractivity contribution is 7.98. The van der Waals surface area contributed by atoms with E-state index in [0.717, 1.165) is 4.90 Å². The lowest BCUT2D eigenvalue weighted by Gasteiger charge is -2.10. The van der Waals surface area contributed by atoms with Crippen molar-refractivity contribution in [2.45, 2.75) is 17.6 Å². The number of aryl methyl sites for hydroxylation is 1. The normalized spacial score (nSPS) is 10.7. The maximum atomic E-state index is 12.6. The van der Waals surface area contributed by atoms with Crippen LogP contribution < -0.4 is 5.32 Å². The third-order valence-corrected chi connectivity index (χ3v) is 4.85. The van der Waals surface area contributed by atoms with Crippen molar-refractivity contribution in [2.75, 3.05) is 5.32 Å². The van der Waals surface area contributed by atoms with E-state index in [1.54, 1.807) is 37.3 Å². The van der Waals surface area contributed by atoms with Crippen LogP contribution in [0.5, 0.6) is 0 Å². The highest BCUT2D eigenvalue weighted by Crippen LogP contribution is 2.29. The summed E-state index contributed by atoms with van der Waals surface area (Å²) in [6, 6.07) is 12.2. The largest absolute Gasteiger partial charge is 0.338 e. The van der Waals surface area contributed by atoms with Gasteiger partial charge in [0.2, 0.25) is 5.89 Å². The monoisotopic (exact) mass is 393 g/mol. The Hall–Kier alpha value is -2.02. The van der Waals surface area contributed by atoms with Crippen LogP contribution in [-0.4, -0.2) is 16.0 Å². The summed E-state index contributed by atoms with van der Waals surface area (Å²) < 4.78 is 5.10. The lowest BCUT2D eigenvalue weighted by atomic mass is 10.2. The van der Waals surface area contributed by atoms with Crippen LogP contribution in [0, 0.1) is 6.92 Å². The van der Waals surface area contributed by atoms with Crippen molar-refractivity contribution in [3.05, 3.63) is 69.8 Å². The molecule has 128 valence electrons. The number of carbonyl (C=O) groups is 1. The quantitative estimate of drug-likeness (QED) is 0.601. The fourth-order valence-corrected chi connectivity index (χ4v) is 3.33. The lowest BCUT2D eigenvalue weighted by molar-refractivity contribution is 0.102. The Kier molecular flexibility index (Phi) is 5.63. The number of amides is 1. The van der Waals surface area contributed by atoms with Gasteiger partial charge >= 0.3 is 0 Å². The van der Waals surface area contributed by atoms with E-state index in [4.69, 9.17) is 27.7 Å². The second-order valence-corrected chi connectivity index (χ2v) is 6.96. The molecule has 1 amide bonds. The summed E-state index contributed by atoms with van der Waals surface area (Å²) in [7, 11) is 0. The summed E-state index contributed by atoms with van der Waals surface area (Å²) in [5, 5.41) is 7.46. The molecule has 3 rings (SSSR count). The molecule has 25 heavy (non-hydrogen) atoms. The molecule has 2 aromatic carbocycles. The van der Waals surface area contributed by atoms with E-state index in [1.165, 1.54) is 11.8 Å². The number of nitrogens with one attached hydrogen (secondary N) is 1. The van der Waals surface area contributed by atoms with Gasteiger partial charge in [0.15, 0.2) is 5.82 Å². The summed E-state index contributed by atoms with van der Waals surface area (Å²) >= 11 is 13.5. The average molecular weight is 394 g/mol. The molecule has 1 aromatic heterocycles. The zero-order valence-corrected chi connectivity index (χ0v) is 15.5. The molecule has 0 saturated carbocycles. The summed E-state index contributed by atoms with van der Waals surface area (Å²) in [5.74, 6) is 1.30. The molecule has 0 radical (unpaired) electrons. The molecular weight excluding hydrogens is 381 g/mol. The van der Waals surface area contributed by atoms with Crippen molar-refractivity contribution in [1.29, 1.82) is 0 Å². The van der Waals surface area contributed by atoms with Gasteiger partial charge in [-0.1, -0.05) is 40.5 Å². The molecule has 3 aromatic rings. The Morgan fingerprint density at radius 2 is 2.04 bits per heavy atom. The minimum Gasteiger partial charge on any atom is -0.338 e. The molecule has 5 nitrogen and oxygen atoms in total. The smallest absolute Gasteiger partial charge is 0.256 e. The van der Waals surface area contributed by atoms with Gasteiger partial charge in [-0.05, 0) is 37.3 Å². The molecule has 0 spiro atoms. The van der Waals surface area contributed by atoms with Crippen LogP contribution in [0.1, 0.15) is 22.1 Å². The Labute approximate surface area is 158 Å². The van der Waals surface area contributed by atoms with Gasteiger partial charge < -0.3 is 9.84 Å². The van der Waals surface area contributed by atoms with Crippen molar-refractivity contribution >= 4 is 46.6 Å². The number of carbonyl (C=O) groups excluding carboxylic acids is 1. The van der Waals surface area contributed by atoms with Crippen molar-refractivity contribution in [3.8, 4) is 0 Å². The zero-order chi connectivity index (χ0) is 17.8. The molecule has 0 unspecified atom stereocenters. The number of halogens is 2. The van der Waals surface area contributed by atoms with E-state index in [0.29, 0.717) is 38.8 Å². The van der Waals surface area contributed by atoms with E-state index >= 15 is 0 Å². The van der Waals surface area contributed by atoms with Gasteiger partial charge in [-0.25, -0.2) is 0 Å². The van der Waals surface area contributed by atoms with E-state index in [-0.39, 0.29) is 5.91 Å². The molecule has 0 aliphatic heterocycles. The van der Waals surface area contributed by atoms with Crippen LogP contribution in [0.15, 0.2) is 51.9 Å². The number of rotatable bonds is 5. The molecule has 0 atom stereocenters. The van der Waals surface area contributed by atoms with Gasteiger partial charge in [-0.3, -0.25) is 4.79 Å². The first-order valence-corrected chi connectivity index (χ1v) is 9.04. The second-order valence-electron chi connectivity index (χ2n) is 5.10. The van der Waals surface area contributed by atoms with Crippen LogP contribution in [0.3, 0.4) is 0 Å². The molecule has 0 saturated heterocycles. The van der Waals surface area contributed by atoms with Crippen LogP contribution in [0.2, 0.25) is 10.0 Å². The van der Waals surface area contributed by atoms with Crippen LogP contribution in [-0.2, 0) is 5.75 Å². The van der Waals surface area contributed by atoms with Gasteiger partial charge in [0.25, 0.3) is 5.91 Å². The fourth-order valence-electron chi connectivity index (χ4n) is 2.10. The third-order valence-electron chi connectivity index (χ3n) is 3.23. The van der Waals surface area contributed by atoms with Gasteiger partial charge in [0.1, 0.15) is 0 Å². The number of benzene rings is 2. The van der Waals surface area contributed by atoms with Gasteiger partial charge in [-0.2, -0.15) is 4.98 Å². The Morgan fingerprint density at radius 3 is 2.80 bits per heavy atom. The topological polar surface area (TPSA) is 68.0 Å². The molecule has 1 N–H and O–H groups in total. The van der Waals surface area contributed by atoms with Crippen molar-refractivity contribution in [1.82, 2.24) is 10.1 Å². The Morgan fingerprint density at radius 1 is 1.24 bits per heavy atom. The third kappa shape index (κ3) is 4.54. The molecular formula is C17H13Cl2N3O2S. The van der Waals surface area contributed by atoms with E-state index in [1.807, 2.05) is 12.1 Å². The summed E-state index contributed by atoms with van der Waals surface area (Å²) in [4.78, 5) is 17.6. The summed E-state index contributed by atoms with van der Waals surface area (Å²) in [6.45, 7) is 1.76. The van der Waals surface area contributed by atoms with E-state index < -0.39 is 0 Å². The van der Waals surface area contributed by atoms with Crippen LogP contribution in [0.25, 0.3) is 0 Å². The maximum Gasteiger partial charge on any atom is 0.256 e. The molecule has 1 heterocycles. The highest BCUT2D eigenvalue weighted by Gasteiger charge is 2.14. The zero-order valence-electron chi connectivity index (χ0n) is 13.1. The van der Waals surface area contributed by atoms with Crippen molar-refractivity contribution in [2.24, 2.45) is 0 Å². The first-order valence-electron chi connectivity index (χ1n) is 7.30. The number of aromatic nitrogens is 2. The van der Waals surface area contributed by atoms with Gasteiger partial charge in [0, 0.05) is 9.92 Å². The first-order chi connectivity index (χ1) is 12.0. The molecule has 0 bridgehead atoms. The van der Waals surface area contributed by atoms with Crippen molar-refractivity contribution in [3.63, 3.8) is 0 Å². The maximum absolute atomic E-state index is 12.6. The SMILES string of the molecule is Cc1noc(CSc2ccccc2C(=O)Nc2cc(Cl)ccc2Cl)n1. The highest BCUT2D eigenvalue weighted by atomic mass is 35.5. The fraction of sp³-hybridized carbons (Fsp3) is 0.118.